The van der Waals surface area contributed by atoms with Crippen LogP contribution in [0.4, 0.5) is 5.82 Å². The Bertz CT molecular complexity index is 769. The molecule has 6 heteroatoms. The molecule has 2 N–H and O–H groups in total. The fourth-order valence-electron chi connectivity index (χ4n) is 3.88. The summed E-state index contributed by atoms with van der Waals surface area (Å²) in [5, 5.41) is 13.7. The molecular weight excluding hydrogens is 330 g/mol. The van der Waals surface area contributed by atoms with Crippen molar-refractivity contribution in [1.29, 1.82) is 0 Å². The number of hydrogen-bond acceptors (Lipinski definition) is 6. The van der Waals surface area contributed by atoms with Gasteiger partial charge in [-0.2, -0.15) is 0 Å². The molecule has 0 aliphatic carbocycles. The van der Waals surface area contributed by atoms with Crippen LogP contribution in [-0.4, -0.2) is 46.5 Å². The first-order valence-corrected chi connectivity index (χ1v) is 9.26. The number of anilines is 1. The molecule has 3 heterocycles. The number of rotatable bonds is 3. The molecule has 2 aliphatic heterocycles. The molecule has 4 rings (SSSR count). The van der Waals surface area contributed by atoms with E-state index in [-0.39, 0.29) is 11.4 Å². The van der Waals surface area contributed by atoms with Crippen molar-refractivity contribution >= 4 is 5.82 Å². The van der Waals surface area contributed by atoms with Crippen molar-refractivity contribution < 1.29 is 14.6 Å². The predicted octanol–water partition coefficient (Wildman–Crippen LogP) is 3.30. The molecule has 2 aromatic rings. The third-order valence-corrected chi connectivity index (χ3v) is 5.25. The summed E-state index contributed by atoms with van der Waals surface area (Å²) in [6, 6.07) is 9.43. The zero-order chi connectivity index (χ0) is 18.0. The maximum absolute atomic E-state index is 10.1. The maximum Gasteiger partial charge on any atom is 0.165 e. The van der Waals surface area contributed by atoms with Gasteiger partial charge in [-0.3, -0.25) is 0 Å². The molecule has 1 unspecified atom stereocenters. The minimum absolute atomic E-state index is 0.0588. The number of nitrogens with one attached hydrogen (secondary N) is 1. The zero-order valence-corrected chi connectivity index (χ0v) is 15.1. The summed E-state index contributed by atoms with van der Waals surface area (Å²) in [4.78, 5) is 9.13. The molecule has 1 atom stereocenters. The van der Waals surface area contributed by atoms with Gasteiger partial charge in [0.05, 0.1) is 11.2 Å². The molecule has 1 spiro atoms. The second kappa shape index (κ2) is 7.21. The standard InChI is InChI=1S/C20H25N3O3/c1-14-12-18(23-19(21-14)16-4-2-3-5-17(16)24)22-15-6-9-26-20(13-15)7-10-25-11-8-20/h2-5,12,15,24H,6-11,13H2,1H3,(H,21,22,23). The monoisotopic (exact) mass is 355 g/mol. The Balaban J connectivity index is 1.54. The third-order valence-electron chi connectivity index (χ3n) is 5.25. The van der Waals surface area contributed by atoms with Crippen LogP contribution in [0.5, 0.6) is 5.75 Å². The highest BCUT2D eigenvalue weighted by atomic mass is 16.5. The molecule has 1 aromatic heterocycles. The number of nitrogens with zero attached hydrogens (tertiary/aromatic N) is 2. The van der Waals surface area contributed by atoms with E-state index in [0.717, 1.165) is 57.0 Å². The summed E-state index contributed by atoms with van der Waals surface area (Å²) < 4.78 is 11.6. The first-order chi connectivity index (χ1) is 12.6. The number of para-hydroxylation sites is 1. The number of phenolic OH excluding ortho intramolecular Hbond substituents is 1. The lowest BCUT2D eigenvalue weighted by Crippen LogP contribution is -2.47. The van der Waals surface area contributed by atoms with E-state index in [2.05, 4.69) is 15.3 Å². The van der Waals surface area contributed by atoms with Gasteiger partial charge in [0, 0.05) is 37.6 Å². The third kappa shape index (κ3) is 3.66. The quantitative estimate of drug-likeness (QED) is 0.880. The van der Waals surface area contributed by atoms with Crippen molar-refractivity contribution in [2.45, 2.75) is 44.2 Å². The Morgan fingerprint density at radius 3 is 2.77 bits per heavy atom. The van der Waals surface area contributed by atoms with Crippen molar-refractivity contribution in [3.05, 3.63) is 36.0 Å². The Morgan fingerprint density at radius 2 is 1.96 bits per heavy atom. The van der Waals surface area contributed by atoms with Crippen molar-refractivity contribution in [3.8, 4) is 17.1 Å². The van der Waals surface area contributed by atoms with E-state index >= 15 is 0 Å². The van der Waals surface area contributed by atoms with E-state index in [1.165, 1.54) is 0 Å². The molecule has 1 aromatic carbocycles. The van der Waals surface area contributed by atoms with Crippen molar-refractivity contribution in [2.75, 3.05) is 25.1 Å². The Morgan fingerprint density at radius 1 is 1.15 bits per heavy atom. The van der Waals surface area contributed by atoms with E-state index in [0.29, 0.717) is 17.4 Å². The Kier molecular flexibility index (Phi) is 4.78. The SMILES string of the molecule is Cc1cc(NC2CCOC3(CCOCC3)C2)nc(-c2ccccc2O)n1. The normalized spacial score (nSPS) is 22.3. The van der Waals surface area contributed by atoms with E-state index in [1.54, 1.807) is 12.1 Å². The van der Waals surface area contributed by atoms with Gasteiger partial charge in [0.15, 0.2) is 5.82 Å². The highest BCUT2D eigenvalue weighted by Gasteiger charge is 2.39. The van der Waals surface area contributed by atoms with E-state index in [4.69, 9.17) is 9.47 Å². The molecule has 0 amide bonds. The van der Waals surface area contributed by atoms with Crippen LogP contribution in [0.1, 0.15) is 31.4 Å². The first-order valence-electron chi connectivity index (χ1n) is 9.26. The molecule has 2 fully saturated rings. The topological polar surface area (TPSA) is 76.5 Å². The number of benzene rings is 1. The van der Waals surface area contributed by atoms with Gasteiger partial charge in [0.2, 0.25) is 0 Å². The summed E-state index contributed by atoms with van der Waals surface area (Å²) >= 11 is 0. The lowest BCUT2D eigenvalue weighted by Gasteiger charge is -2.43. The average molecular weight is 355 g/mol. The maximum atomic E-state index is 10.1. The molecule has 2 saturated heterocycles. The molecule has 0 saturated carbocycles. The summed E-state index contributed by atoms with van der Waals surface area (Å²) in [6.45, 7) is 4.25. The lowest BCUT2D eigenvalue weighted by molar-refractivity contribution is -0.135. The molecule has 26 heavy (non-hydrogen) atoms. The molecule has 138 valence electrons. The molecular formula is C20H25N3O3. The number of aromatic nitrogens is 2. The number of aromatic hydroxyl groups is 1. The van der Waals surface area contributed by atoms with E-state index in [1.807, 2.05) is 25.1 Å². The fourth-order valence-corrected chi connectivity index (χ4v) is 3.88. The predicted molar refractivity (Wildman–Crippen MR) is 99.3 cm³/mol. The minimum atomic E-state index is -0.0588. The Hall–Kier alpha value is -2.18. The smallest absolute Gasteiger partial charge is 0.165 e. The van der Waals surface area contributed by atoms with Gasteiger partial charge < -0.3 is 19.9 Å². The van der Waals surface area contributed by atoms with E-state index in [9.17, 15) is 5.11 Å². The highest BCUT2D eigenvalue weighted by Crippen LogP contribution is 2.35. The van der Waals surface area contributed by atoms with Crippen molar-refractivity contribution in [1.82, 2.24) is 9.97 Å². The Labute approximate surface area is 153 Å². The lowest BCUT2D eigenvalue weighted by atomic mass is 9.84. The van der Waals surface area contributed by atoms with Gasteiger partial charge in [-0.1, -0.05) is 12.1 Å². The minimum Gasteiger partial charge on any atom is -0.507 e. The molecule has 0 radical (unpaired) electrons. The average Bonchev–Trinajstić information content (AvgIpc) is 2.62. The van der Waals surface area contributed by atoms with Gasteiger partial charge in [-0.05, 0) is 44.7 Å². The second-order valence-corrected chi connectivity index (χ2v) is 7.21. The van der Waals surface area contributed by atoms with Crippen LogP contribution >= 0.6 is 0 Å². The van der Waals surface area contributed by atoms with Crippen LogP contribution in [-0.2, 0) is 9.47 Å². The summed E-state index contributed by atoms with van der Waals surface area (Å²) in [5.41, 5.74) is 1.46. The van der Waals surface area contributed by atoms with Crippen LogP contribution in [0.25, 0.3) is 11.4 Å². The number of hydrogen-bond donors (Lipinski definition) is 2. The molecule has 2 aliphatic rings. The van der Waals surface area contributed by atoms with Gasteiger partial charge in [-0.15, -0.1) is 0 Å². The number of aryl methyl sites for hydroxylation is 1. The summed E-state index contributed by atoms with van der Waals surface area (Å²) in [7, 11) is 0. The summed E-state index contributed by atoms with van der Waals surface area (Å²) in [6.07, 6.45) is 3.83. The highest BCUT2D eigenvalue weighted by molar-refractivity contribution is 5.64. The van der Waals surface area contributed by atoms with Crippen LogP contribution in [0, 0.1) is 6.92 Å². The van der Waals surface area contributed by atoms with Gasteiger partial charge >= 0.3 is 0 Å². The fraction of sp³-hybridized carbons (Fsp3) is 0.500. The second-order valence-electron chi connectivity index (χ2n) is 7.21. The van der Waals surface area contributed by atoms with Crippen LogP contribution in [0.15, 0.2) is 30.3 Å². The molecule has 0 bridgehead atoms. The van der Waals surface area contributed by atoms with Gasteiger partial charge in [-0.25, -0.2) is 9.97 Å². The van der Waals surface area contributed by atoms with Gasteiger partial charge in [0.25, 0.3) is 0 Å². The number of phenols is 1. The van der Waals surface area contributed by atoms with Crippen LogP contribution in [0.3, 0.4) is 0 Å². The summed E-state index contributed by atoms with van der Waals surface area (Å²) in [5.74, 6) is 1.53. The zero-order valence-electron chi connectivity index (χ0n) is 15.1. The van der Waals surface area contributed by atoms with E-state index < -0.39 is 0 Å². The molecule has 6 nitrogen and oxygen atoms in total. The van der Waals surface area contributed by atoms with Crippen molar-refractivity contribution in [3.63, 3.8) is 0 Å². The van der Waals surface area contributed by atoms with Crippen LogP contribution < -0.4 is 5.32 Å². The van der Waals surface area contributed by atoms with Crippen LogP contribution in [0.2, 0.25) is 0 Å². The first kappa shape index (κ1) is 17.2. The van der Waals surface area contributed by atoms with Gasteiger partial charge in [0.1, 0.15) is 11.6 Å². The van der Waals surface area contributed by atoms with Crippen molar-refractivity contribution in [2.24, 2.45) is 0 Å². The number of ether oxygens (including phenoxy) is 2. The largest absolute Gasteiger partial charge is 0.507 e.